The average molecular weight is 347 g/mol. The van der Waals surface area contributed by atoms with Gasteiger partial charge in [-0.1, -0.05) is 19.1 Å². The predicted molar refractivity (Wildman–Crippen MR) is 92.8 cm³/mol. The lowest BCUT2D eigenvalue weighted by Gasteiger charge is -2.09. The third-order valence-electron chi connectivity index (χ3n) is 3.03. The third kappa shape index (κ3) is 5.38. The van der Waals surface area contributed by atoms with Crippen molar-refractivity contribution in [2.75, 3.05) is 17.7 Å². The summed E-state index contributed by atoms with van der Waals surface area (Å²) in [7, 11) is 0. The number of nitrogens with one attached hydrogen (secondary N) is 1. The Morgan fingerprint density at radius 2 is 1.83 bits per heavy atom. The standard InChI is InChI=1S/C18H18FNO3S/c1-2-11-23-18(22)15-5-3-4-6-16(15)24-12-17(21)20-14-9-7-13(19)8-10-14/h3-10H,2,11-12H2,1H3,(H,20,21). The van der Waals surface area contributed by atoms with Crippen LogP contribution in [0.25, 0.3) is 0 Å². The molecule has 0 saturated heterocycles. The van der Waals surface area contributed by atoms with Crippen LogP contribution in [0.2, 0.25) is 0 Å². The maximum Gasteiger partial charge on any atom is 0.339 e. The Kier molecular flexibility index (Phi) is 6.81. The van der Waals surface area contributed by atoms with E-state index < -0.39 is 0 Å². The minimum Gasteiger partial charge on any atom is -0.462 e. The van der Waals surface area contributed by atoms with E-state index in [0.717, 1.165) is 6.42 Å². The number of anilines is 1. The summed E-state index contributed by atoms with van der Waals surface area (Å²) in [6.07, 6.45) is 0.751. The van der Waals surface area contributed by atoms with E-state index in [-0.39, 0.29) is 23.4 Å². The maximum absolute atomic E-state index is 12.8. The van der Waals surface area contributed by atoms with Gasteiger partial charge in [-0.2, -0.15) is 0 Å². The zero-order chi connectivity index (χ0) is 17.4. The van der Waals surface area contributed by atoms with E-state index in [2.05, 4.69) is 5.32 Å². The zero-order valence-corrected chi connectivity index (χ0v) is 14.1. The Labute approximate surface area is 144 Å². The topological polar surface area (TPSA) is 55.4 Å². The SMILES string of the molecule is CCCOC(=O)c1ccccc1SCC(=O)Nc1ccc(F)cc1. The zero-order valence-electron chi connectivity index (χ0n) is 13.3. The highest BCUT2D eigenvalue weighted by atomic mass is 32.2. The molecule has 2 aromatic rings. The van der Waals surface area contributed by atoms with Gasteiger partial charge in [-0.25, -0.2) is 9.18 Å². The molecule has 126 valence electrons. The van der Waals surface area contributed by atoms with Gasteiger partial charge in [0.1, 0.15) is 5.82 Å². The first kappa shape index (κ1) is 18.0. The molecule has 2 aromatic carbocycles. The number of rotatable bonds is 7. The number of carbonyl (C=O) groups excluding carboxylic acids is 2. The minimum absolute atomic E-state index is 0.134. The number of ether oxygens (including phenoxy) is 1. The summed E-state index contributed by atoms with van der Waals surface area (Å²) in [5.74, 6) is -0.848. The Bertz CT molecular complexity index is 704. The van der Waals surface area contributed by atoms with Crippen molar-refractivity contribution < 1.29 is 18.7 Å². The maximum atomic E-state index is 12.8. The summed E-state index contributed by atoms with van der Waals surface area (Å²) in [4.78, 5) is 24.7. The van der Waals surface area contributed by atoms with Crippen LogP contribution in [-0.4, -0.2) is 24.2 Å². The van der Waals surface area contributed by atoms with Crippen LogP contribution in [0.4, 0.5) is 10.1 Å². The molecule has 0 bridgehead atoms. The second-order valence-electron chi connectivity index (χ2n) is 4.98. The molecule has 0 unspecified atom stereocenters. The molecule has 0 heterocycles. The molecule has 0 atom stereocenters. The first-order valence-electron chi connectivity index (χ1n) is 7.54. The Balaban J connectivity index is 1.95. The Hall–Kier alpha value is -2.34. The molecule has 1 amide bonds. The van der Waals surface area contributed by atoms with Crippen molar-refractivity contribution in [1.82, 2.24) is 0 Å². The number of esters is 1. The van der Waals surface area contributed by atoms with Crippen LogP contribution in [0.15, 0.2) is 53.4 Å². The fraction of sp³-hybridized carbons (Fsp3) is 0.222. The molecule has 0 radical (unpaired) electrons. The van der Waals surface area contributed by atoms with Crippen LogP contribution < -0.4 is 5.32 Å². The number of carbonyl (C=O) groups is 2. The van der Waals surface area contributed by atoms with Crippen molar-refractivity contribution in [2.24, 2.45) is 0 Å². The predicted octanol–water partition coefficient (Wildman–Crippen LogP) is 4.12. The Morgan fingerprint density at radius 1 is 1.12 bits per heavy atom. The molecule has 2 rings (SSSR count). The highest BCUT2D eigenvalue weighted by Crippen LogP contribution is 2.23. The fourth-order valence-electron chi connectivity index (χ4n) is 1.91. The smallest absolute Gasteiger partial charge is 0.339 e. The number of amides is 1. The quantitative estimate of drug-likeness (QED) is 0.604. The van der Waals surface area contributed by atoms with Crippen LogP contribution in [-0.2, 0) is 9.53 Å². The monoisotopic (exact) mass is 347 g/mol. The van der Waals surface area contributed by atoms with E-state index in [4.69, 9.17) is 4.74 Å². The highest BCUT2D eigenvalue weighted by molar-refractivity contribution is 8.00. The van der Waals surface area contributed by atoms with Crippen LogP contribution in [0, 0.1) is 5.82 Å². The molecular weight excluding hydrogens is 329 g/mol. The van der Waals surface area contributed by atoms with Crippen LogP contribution in [0.1, 0.15) is 23.7 Å². The van der Waals surface area contributed by atoms with Gasteiger partial charge in [-0.05, 0) is 42.8 Å². The summed E-state index contributed by atoms with van der Waals surface area (Å²) >= 11 is 1.25. The number of hydrogen-bond acceptors (Lipinski definition) is 4. The van der Waals surface area contributed by atoms with Crippen LogP contribution >= 0.6 is 11.8 Å². The third-order valence-corrected chi connectivity index (χ3v) is 4.10. The summed E-state index contributed by atoms with van der Waals surface area (Å²) < 4.78 is 18.0. The molecular formula is C18H18FNO3S. The summed E-state index contributed by atoms with van der Waals surface area (Å²) in [6, 6.07) is 12.6. The van der Waals surface area contributed by atoms with Gasteiger partial charge in [-0.3, -0.25) is 4.79 Å². The normalized spacial score (nSPS) is 10.2. The highest BCUT2D eigenvalue weighted by Gasteiger charge is 2.13. The van der Waals surface area contributed by atoms with E-state index >= 15 is 0 Å². The van der Waals surface area contributed by atoms with Gasteiger partial charge >= 0.3 is 5.97 Å². The number of thioether (sulfide) groups is 1. The number of hydrogen-bond donors (Lipinski definition) is 1. The number of halogens is 1. The summed E-state index contributed by atoms with van der Waals surface area (Å²) in [6.45, 7) is 2.29. The lowest BCUT2D eigenvalue weighted by Crippen LogP contribution is -2.14. The lowest BCUT2D eigenvalue weighted by atomic mass is 10.2. The van der Waals surface area contributed by atoms with Crippen molar-refractivity contribution >= 4 is 29.3 Å². The van der Waals surface area contributed by atoms with Gasteiger partial charge in [0.25, 0.3) is 0 Å². The molecule has 1 N–H and O–H groups in total. The van der Waals surface area contributed by atoms with Crippen molar-refractivity contribution in [2.45, 2.75) is 18.2 Å². The summed E-state index contributed by atoms with van der Waals surface area (Å²) in [5, 5.41) is 2.68. The minimum atomic E-state index is -0.390. The van der Waals surface area contributed by atoms with Crippen molar-refractivity contribution in [1.29, 1.82) is 0 Å². The summed E-state index contributed by atoms with van der Waals surface area (Å²) in [5.41, 5.74) is 0.975. The molecule has 6 heteroatoms. The van der Waals surface area contributed by atoms with Gasteiger partial charge in [0.05, 0.1) is 17.9 Å². The van der Waals surface area contributed by atoms with E-state index in [0.29, 0.717) is 22.8 Å². The second kappa shape index (κ2) is 9.08. The molecule has 0 saturated carbocycles. The molecule has 0 fully saturated rings. The van der Waals surface area contributed by atoms with E-state index in [1.165, 1.54) is 36.0 Å². The van der Waals surface area contributed by atoms with Crippen LogP contribution in [0.3, 0.4) is 0 Å². The molecule has 0 aliphatic heterocycles. The largest absolute Gasteiger partial charge is 0.462 e. The molecule has 0 spiro atoms. The van der Waals surface area contributed by atoms with Crippen molar-refractivity contribution in [3.05, 3.63) is 59.9 Å². The Morgan fingerprint density at radius 3 is 2.54 bits per heavy atom. The van der Waals surface area contributed by atoms with Crippen molar-refractivity contribution in [3.8, 4) is 0 Å². The lowest BCUT2D eigenvalue weighted by molar-refractivity contribution is -0.113. The average Bonchev–Trinajstić information content (AvgIpc) is 2.60. The molecule has 4 nitrogen and oxygen atoms in total. The first-order valence-corrected chi connectivity index (χ1v) is 8.53. The van der Waals surface area contributed by atoms with E-state index in [9.17, 15) is 14.0 Å². The van der Waals surface area contributed by atoms with E-state index in [1.807, 2.05) is 6.92 Å². The molecule has 24 heavy (non-hydrogen) atoms. The van der Waals surface area contributed by atoms with Gasteiger partial charge in [0, 0.05) is 10.6 Å². The van der Waals surface area contributed by atoms with Gasteiger partial charge in [0.2, 0.25) is 5.91 Å². The fourth-order valence-corrected chi connectivity index (χ4v) is 2.75. The number of benzene rings is 2. The van der Waals surface area contributed by atoms with Crippen molar-refractivity contribution in [3.63, 3.8) is 0 Å². The van der Waals surface area contributed by atoms with Gasteiger partial charge in [0.15, 0.2) is 0 Å². The molecule has 0 aromatic heterocycles. The van der Waals surface area contributed by atoms with Gasteiger partial charge in [-0.15, -0.1) is 11.8 Å². The van der Waals surface area contributed by atoms with Crippen LogP contribution in [0.5, 0.6) is 0 Å². The van der Waals surface area contributed by atoms with E-state index in [1.54, 1.807) is 24.3 Å². The molecule has 0 aliphatic rings. The first-order chi connectivity index (χ1) is 11.6. The molecule has 0 aliphatic carbocycles. The second-order valence-corrected chi connectivity index (χ2v) is 5.99. The van der Waals surface area contributed by atoms with Gasteiger partial charge < -0.3 is 10.1 Å².